The smallest absolute Gasteiger partial charge is 0.303 e. The van der Waals surface area contributed by atoms with Crippen LogP contribution in [-0.4, -0.2) is 37.5 Å². The number of aliphatic imine (C=N–C) groups is 1. The first-order chi connectivity index (χ1) is 6.93. The maximum atomic E-state index is 11.7. The van der Waals surface area contributed by atoms with E-state index >= 15 is 0 Å². The molecule has 0 saturated carbocycles. The van der Waals surface area contributed by atoms with Gasteiger partial charge >= 0.3 is 5.97 Å². The Labute approximate surface area is 87.8 Å². The summed E-state index contributed by atoms with van der Waals surface area (Å²) in [6.07, 6.45) is 3.75. The molecule has 1 unspecified atom stereocenters. The summed E-state index contributed by atoms with van der Waals surface area (Å²) in [6, 6.07) is 0. The molecule has 0 aliphatic carbocycles. The van der Waals surface area contributed by atoms with Crippen molar-refractivity contribution in [2.45, 2.75) is 17.6 Å². The molecule has 6 nitrogen and oxygen atoms in total. The number of carboxylic acids is 1. The Hall–Kier alpha value is -1.21. The standard InChI is InChI=1S/C8H12N2O4S/c1-9-15(13,14)8(3-2-7(11)12)4-5-10-6-8/h4-6,9H,2-3H2,1H3,(H,11,12). The van der Waals surface area contributed by atoms with Gasteiger partial charge in [0.25, 0.3) is 0 Å². The third-order valence-electron chi connectivity index (χ3n) is 2.23. The highest BCUT2D eigenvalue weighted by Gasteiger charge is 2.41. The molecule has 7 heteroatoms. The summed E-state index contributed by atoms with van der Waals surface area (Å²) in [4.78, 5) is 14.1. The minimum atomic E-state index is -3.60. The van der Waals surface area contributed by atoms with Crippen LogP contribution < -0.4 is 4.72 Å². The van der Waals surface area contributed by atoms with Crippen LogP contribution in [0.1, 0.15) is 12.8 Å². The van der Waals surface area contributed by atoms with E-state index in [0.717, 1.165) is 0 Å². The second-order valence-electron chi connectivity index (χ2n) is 3.15. The van der Waals surface area contributed by atoms with Crippen molar-refractivity contribution in [1.29, 1.82) is 0 Å². The second-order valence-corrected chi connectivity index (χ2v) is 5.33. The lowest BCUT2D eigenvalue weighted by atomic mass is 10.1. The van der Waals surface area contributed by atoms with Gasteiger partial charge in [-0.1, -0.05) is 0 Å². The molecular weight excluding hydrogens is 220 g/mol. The summed E-state index contributed by atoms with van der Waals surface area (Å²) >= 11 is 0. The Morgan fingerprint density at radius 1 is 1.60 bits per heavy atom. The van der Waals surface area contributed by atoms with Gasteiger partial charge in [0.15, 0.2) is 0 Å². The van der Waals surface area contributed by atoms with Crippen molar-refractivity contribution in [1.82, 2.24) is 4.72 Å². The zero-order valence-corrected chi connectivity index (χ0v) is 8.99. The van der Waals surface area contributed by atoms with Gasteiger partial charge < -0.3 is 5.11 Å². The van der Waals surface area contributed by atoms with Crippen molar-refractivity contribution in [2.75, 3.05) is 7.05 Å². The van der Waals surface area contributed by atoms with E-state index in [9.17, 15) is 13.2 Å². The second kappa shape index (κ2) is 4.11. The van der Waals surface area contributed by atoms with Crippen molar-refractivity contribution < 1.29 is 18.3 Å². The molecule has 15 heavy (non-hydrogen) atoms. The predicted molar refractivity (Wildman–Crippen MR) is 55.2 cm³/mol. The molecule has 0 saturated heterocycles. The number of rotatable bonds is 5. The maximum absolute atomic E-state index is 11.7. The number of carboxylic acid groups (broad SMARTS) is 1. The molecule has 0 aromatic carbocycles. The van der Waals surface area contributed by atoms with E-state index in [1.54, 1.807) is 0 Å². The Morgan fingerprint density at radius 2 is 2.27 bits per heavy atom. The van der Waals surface area contributed by atoms with Crippen LogP contribution in [0.4, 0.5) is 0 Å². The van der Waals surface area contributed by atoms with Crippen molar-refractivity contribution in [3.05, 3.63) is 12.3 Å². The van der Waals surface area contributed by atoms with Gasteiger partial charge in [-0.15, -0.1) is 0 Å². The van der Waals surface area contributed by atoms with Gasteiger partial charge in [0, 0.05) is 18.8 Å². The van der Waals surface area contributed by atoms with Crippen LogP contribution in [0.3, 0.4) is 0 Å². The number of hydrogen-bond donors (Lipinski definition) is 2. The monoisotopic (exact) mass is 232 g/mol. The normalized spacial score (nSPS) is 24.6. The zero-order valence-electron chi connectivity index (χ0n) is 8.17. The predicted octanol–water partition coefficient (Wildman–Crippen LogP) is -0.263. The molecule has 84 valence electrons. The van der Waals surface area contributed by atoms with Crippen molar-refractivity contribution in [2.24, 2.45) is 4.99 Å². The number of hydrogen-bond acceptors (Lipinski definition) is 4. The third-order valence-corrected chi connectivity index (χ3v) is 4.22. The van der Waals surface area contributed by atoms with Gasteiger partial charge in [0.1, 0.15) is 4.75 Å². The molecule has 0 fully saturated rings. The zero-order chi connectivity index (χ0) is 11.5. The van der Waals surface area contributed by atoms with Crippen LogP contribution in [0.5, 0.6) is 0 Å². The summed E-state index contributed by atoms with van der Waals surface area (Å²) < 4.78 is 24.2. The van der Waals surface area contributed by atoms with E-state index < -0.39 is 20.7 Å². The van der Waals surface area contributed by atoms with E-state index in [-0.39, 0.29) is 12.8 Å². The largest absolute Gasteiger partial charge is 0.481 e. The number of nitrogens with zero attached hydrogens (tertiary/aromatic N) is 1. The van der Waals surface area contributed by atoms with E-state index in [2.05, 4.69) is 9.71 Å². The average molecular weight is 232 g/mol. The van der Waals surface area contributed by atoms with Gasteiger partial charge in [-0.25, -0.2) is 13.1 Å². The van der Waals surface area contributed by atoms with E-state index in [1.807, 2.05) is 0 Å². The number of carbonyl (C=O) groups is 1. The maximum Gasteiger partial charge on any atom is 0.303 e. The molecule has 0 radical (unpaired) electrons. The van der Waals surface area contributed by atoms with E-state index in [0.29, 0.717) is 0 Å². The van der Waals surface area contributed by atoms with E-state index in [1.165, 1.54) is 25.5 Å². The fourth-order valence-corrected chi connectivity index (χ4v) is 2.51. The summed E-state index contributed by atoms with van der Waals surface area (Å²) in [5.41, 5.74) is 0. The molecule has 0 spiro atoms. The number of aliphatic carboxylic acids is 1. The number of sulfonamides is 1. The highest BCUT2D eigenvalue weighted by Crippen LogP contribution is 2.26. The molecule has 0 amide bonds. The summed E-state index contributed by atoms with van der Waals surface area (Å²) in [6.45, 7) is 0. The van der Waals surface area contributed by atoms with Crippen LogP contribution in [0, 0.1) is 0 Å². The molecule has 1 heterocycles. The van der Waals surface area contributed by atoms with Gasteiger partial charge in [-0.2, -0.15) is 0 Å². The first-order valence-electron chi connectivity index (χ1n) is 4.30. The van der Waals surface area contributed by atoms with E-state index in [4.69, 9.17) is 5.11 Å². The summed E-state index contributed by atoms with van der Waals surface area (Å²) in [5, 5.41) is 8.54. The van der Waals surface area contributed by atoms with Crippen LogP contribution in [0.25, 0.3) is 0 Å². The van der Waals surface area contributed by atoms with Gasteiger partial charge in [0.2, 0.25) is 10.0 Å². The van der Waals surface area contributed by atoms with Crippen LogP contribution in [-0.2, 0) is 14.8 Å². The quantitative estimate of drug-likeness (QED) is 0.682. The molecule has 1 aliphatic rings. The summed E-state index contributed by atoms with van der Waals surface area (Å²) in [5.74, 6) is -1.03. The minimum Gasteiger partial charge on any atom is -0.481 e. The molecular formula is C8H12N2O4S. The first kappa shape index (κ1) is 11.9. The average Bonchev–Trinajstić information content (AvgIpc) is 2.64. The fourth-order valence-electron chi connectivity index (χ4n) is 1.31. The minimum absolute atomic E-state index is 0.0223. The Kier molecular flexibility index (Phi) is 3.25. The van der Waals surface area contributed by atoms with Crippen molar-refractivity contribution in [3.8, 4) is 0 Å². The van der Waals surface area contributed by atoms with Crippen LogP contribution >= 0.6 is 0 Å². The molecule has 1 atom stereocenters. The molecule has 0 aromatic heterocycles. The van der Waals surface area contributed by atoms with Gasteiger partial charge in [0.05, 0.1) is 0 Å². The number of nitrogens with one attached hydrogen (secondary N) is 1. The SMILES string of the molecule is CNS(=O)(=O)C1(CCC(=O)O)C=CN=C1. The molecule has 1 aliphatic heterocycles. The topological polar surface area (TPSA) is 95.8 Å². The van der Waals surface area contributed by atoms with Crippen molar-refractivity contribution in [3.63, 3.8) is 0 Å². The summed E-state index contributed by atoms with van der Waals surface area (Å²) in [7, 11) is -2.32. The highest BCUT2D eigenvalue weighted by atomic mass is 32.2. The van der Waals surface area contributed by atoms with Crippen molar-refractivity contribution >= 4 is 22.2 Å². The lowest BCUT2D eigenvalue weighted by Crippen LogP contribution is -2.44. The van der Waals surface area contributed by atoms with Gasteiger partial charge in [-0.05, 0) is 19.5 Å². The molecule has 1 rings (SSSR count). The highest BCUT2D eigenvalue weighted by molar-refractivity contribution is 7.91. The molecule has 0 aromatic rings. The first-order valence-corrected chi connectivity index (χ1v) is 5.79. The van der Waals surface area contributed by atoms with Gasteiger partial charge in [-0.3, -0.25) is 9.79 Å². The molecule has 0 bridgehead atoms. The Morgan fingerprint density at radius 3 is 2.67 bits per heavy atom. The lowest BCUT2D eigenvalue weighted by molar-refractivity contribution is -0.137. The fraction of sp³-hybridized carbons (Fsp3) is 0.500. The third kappa shape index (κ3) is 2.24. The molecule has 2 N–H and O–H groups in total. The Balaban J connectivity index is 2.96. The Bertz CT molecular complexity index is 398. The lowest BCUT2D eigenvalue weighted by Gasteiger charge is -2.22. The van der Waals surface area contributed by atoms with Crippen LogP contribution in [0.15, 0.2) is 17.3 Å². The van der Waals surface area contributed by atoms with Crippen LogP contribution in [0.2, 0.25) is 0 Å².